The predicted octanol–water partition coefficient (Wildman–Crippen LogP) is 6.08. The van der Waals surface area contributed by atoms with Crippen molar-refractivity contribution in [3.05, 3.63) is 103 Å². The number of fused-ring (bicyclic) bond motifs is 2. The van der Waals surface area contributed by atoms with Crippen LogP contribution in [-0.4, -0.2) is 95.4 Å². The number of rotatable bonds is 13. The molecule has 2 aliphatic carbocycles. The van der Waals surface area contributed by atoms with Crippen molar-refractivity contribution in [1.82, 2.24) is 24.4 Å². The molecule has 2 N–H and O–H groups in total. The molecular formula is C47H53N5O8S. The minimum Gasteiger partial charge on any atom is -0.497 e. The molecule has 0 bridgehead atoms. The van der Waals surface area contributed by atoms with E-state index in [-0.39, 0.29) is 37.6 Å². The fourth-order valence-electron chi connectivity index (χ4n) is 8.88. The molecule has 3 unspecified atom stereocenters. The first-order chi connectivity index (χ1) is 29.2. The highest BCUT2D eigenvalue weighted by Gasteiger charge is 2.64. The summed E-state index contributed by atoms with van der Waals surface area (Å²) in [5.74, 6) is -1.90. The number of nitrogens with zero attached hydrogens (tertiary/aromatic N) is 4. The van der Waals surface area contributed by atoms with Crippen LogP contribution in [0.25, 0.3) is 22.2 Å². The maximum absolute atomic E-state index is 15.1. The molecule has 8 rings (SSSR count). The summed E-state index contributed by atoms with van der Waals surface area (Å²) >= 11 is -2.59. The Labute approximate surface area is 358 Å². The van der Waals surface area contributed by atoms with Crippen molar-refractivity contribution in [3.8, 4) is 22.8 Å². The van der Waals surface area contributed by atoms with Crippen molar-refractivity contribution < 1.29 is 37.4 Å². The average molecular weight is 848 g/mol. The first-order valence-corrected chi connectivity index (χ1v) is 22.0. The number of methoxy groups -OCH3 is 1. The quantitative estimate of drug-likeness (QED) is 0.120. The van der Waals surface area contributed by atoms with E-state index in [1.54, 1.807) is 18.1 Å². The molecule has 4 amide bonds. The highest BCUT2D eigenvalue weighted by Crippen LogP contribution is 2.48. The Kier molecular flexibility index (Phi) is 11.5. The van der Waals surface area contributed by atoms with Gasteiger partial charge in [-0.3, -0.25) is 23.7 Å². The van der Waals surface area contributed by atoms with Gasteiger partial charge in [-0.1, -0.05) is 81.4 Å². The van der Waals surface area contributed by atoms with Crippen molar-refractivity contribution in [2.75, 3.05) is 20.2 Å². The van der Waals surface area contributed by atoms with Gasteiger partial charge in [0.2, 0.25) is 17.7 Å². The number of pyridine rings is 1. The summed E-state index contributed by atoms with van der Waals surface area (Å²) in [5, 5.41) is 3.66. The van der Waals surface area contributed by atoms with Gasteiger partial charge in [-0.05, 0) is 54.4 Å². The van der Waals surface area contributed by atoms with Crippen LogP contribution in [-0.2, 0) is 43.4 Å². The Morgan fingerprint density at radius 1 is 1.05 bits per heavy atom. The first kappa shape index (κ1) is 42.1. The van der Waals surface area contributed by atoms with E-state index < -0.39 is 64.1 Å². The summed E-state index contributed by atoms with van der Waals surface area (Å²) in [6.07, 6.45) is 3.01. The number of likely N-dealkylation sites (tertiary alicyclic amines) is 1. The number of hydrogen-bond acceptors (Lipinski definition) is 8. The number of carbonyl (C=O) groups excluding carboxylic acids is 4. The van der Waals surface area contributed by atoms with Crippen LogP contribution in [0.1, 0.15) is 64.0 Å². The highest BCUT2D eigenvalue weighted by molar-refractivity contribution is 7.77. The molecule has 4 aliphatic rings. The van der Waals surface area contributed by atoms with Crippen LogP contribution < -0.4 is 14.8 Å². The van der Waals surface area contributed by atoms with Gasteiger partial charge in [0.1, 0.15) is 29.2 Å². The Balaban J connectivity index is 1.12. The standard InChI is InChI=1S/C47H53N5O8S/c1-6-32-26-47(32,45(56)52(61(57)58)33-16-17-33)49-43(54)40-23-35(60-41-25-38(30-13-8-7-9-14-30)48-39-22-34(59-5)18-19-36(39)41)28-51(40)44(55)37(46(2,3)4)24-42(53)50-21-20-29-12-10-11-15-31(29)27-50/h6-15,18-19,22,25,32-33,35,37,40H,1,16-17,20-21,23-24,26-28H2,2-5H3,(H,49,54)(H,57,58)/t32?,35-,37-,40+,47?/m1/s1. The van der Waals surface area contributed by atoms with E-state index in [2.05, 4.69) is 18.0 Å². The lowest BCUT2D eigenvalue weighted by molar-refractivity contribution is -0.149. The van der Waals surface area contributed by atoms with E-state index in [0.29, 0.717) is 54.0 Å². The van der Waals surface area contributed by atoms with E-state index >= 15 is 4.79 Å². The number of benzene rings is 3. The fraction of sp³-hybridized carbons (Fsp3) is 0.426. The maximum atomic E-state index is 15.1. The van der Waals surface area contributed by atoms with Gasteiger partial charge in [0.25, 0.3) is 17.2 Å². The van der Waals surface area contributed by atoms with Gasteiger partial charge in [0, 0.05) is 61.0 Å². The summed E-state index contributed by atoms with van der Waals surface area (Å²) < 4.78 is 35.9. The third-order valence-electron chi connectivity index (χ3n) is 12.7. The molecule has 0 radical (unpaired) electrons. The summed E-state index contributed by atoms with van der Waals surface area (Å²) in [4.78, 5) is 66.2. The van der Waals surface area contributed by atoms with Gasteiger partial charge in [-0.15, -0.1) is 6.58 Å². The summed E-state index contributed by atoms with van der Waals surface area (Å²) in [6, 6.07) is 23.6. The molecule has 6 atom stereocenters. The van der Waals surface area contributed by atoms with E-state index in [4.69, 9.17) is 14.5 Å². The fourth-order valence-corrected chi connectivity index (χ4v) is 9.65. The zero-order chi connectivity index (χ0) is 43.2. The predicted molar refractivity (Wildman–Crippen MR) is 231 cm³/mol. The minimum absolute atomic E-state index is 0.0239. The van der Waals surface area contributed by atoms with E-state index in [0.717, 1.165) is 21.9 Å². The Bertz CT molecular complexity index is 2400. The first-order valence-electron chi connectivity index (χ1n) is 21.0. The van der Waals surface area contributed by atoms with Crippen molar-refractivity contribution >= 4 is 45.8 Å². The molecule has 2 aliphatic heterocycles. The van der Waals surface area contributed by atoms with Crippen LogP contribution >= 0.6 is 0 Å². The zero-order valence-electron chi connectivity index (χ0n) is 35.0. The molecule has 1 saturated heterocycles. The molecule has 320 valence electrons. The number of hydrogen-bond donors (Lipinski definition) is 2. The van der Waals surface area contributed by atoms with Crippen LogP contribution in [0.2, 0.25) is 0 Å². The molecule has 13 nitrogen and oxygen atoms in total. The van der Waals surface area contributed by atoms with E-state index in [1.807, 2.05) is 93.6 Å². The molecular weight excluding hydrogens is 795 g/mol. The Morgan fingerprint density at radius 2 is 1.77 bits per heavy atom. The second-order valence-electron chi connectivity index (χ2n) is 17.8. The van der Waals surface area contributed by atoms with Gasteiger partial charge < -0.3 is 24.6 Å². The highest BCUT2D eigenvalue weighted by atomic mass is 32.2. The molecule has 4 aromatic rings. The number of amides is 4. The Hall–Kier alpha value is -5.60. The minimum atomic E-state index is -2.59. The average Bonchev–Trinajstić information content (AvgIpc) is 4.18. The van der Waals surface area contributed by atoms with Crippen LogP contribution in [0.3, 0.4) is 0 Å². The number of aromatic nitrogens is 1. The topological polar surface area (TPSA) is 159 Å². The number of carbonyl (C=O) groups is 4. The molecule has 3 aromatic carbocycles. The van der Waals surface area contributed by atoms with Gasteiger partial charge >= 0.3 is 0 Å². The van der Waals surface area contributed by atoms with Gasteiger partial charge in [0.05, 0.1) is 30.8 Å². The van der Waals surface area contributed by atoms with Crippen molar-refractivity contribution in [1.29, 1.82) is 0 Å². The molecule has 0 spiro atoms. The summed E-state index contributed by atoms with van der Waals surface area (Å²) in [6.45, 7) is 10.7. The van der Waals surface area contributed by atoms with Crippen LogP contribution in [0.15, 0.2) is 91.5 Å². The number of nitrogens with one attached hydrogen (secondary N) is 1. The molecule has 61 heavy (non-hydrogen) atoms. The smallest absolute Gasteiger partial charge is 0.264 e. The van der Waals surface area contributed by atoms with Crippen molar-refractivity contribution in [3.63, 3.8) is 0 Å². The van der Waals surface area contributed by atoms with E-state index in [1.165, 1.54) is 10.5 Å². The van der Waals surface area contributed by atoms with Gasteiger partial charge in [-0.25, -0.2) is 13.5 Å². The third-order valence-corrected chi connectivity index (χ3v) is 13.5. The van der Waals surface area contributed by atoms with Gasteiger partial charge in [-0.2, -0.15) is 0 Å². The molecule has 3 heterocycles. The molecule has 1 aromatic heterocycles. The largest absolute Gasteiger partial charge is 0.497 e. The van der Waals surface area contributed by atoms with Crippen LogP contribution in [0, 0.1) is 17.3 Å². The second-order valence-corrected chi connectivity index (χ2v) is 18.6. The lowest BCUT2D eigenvalue weighted by Crippen LogP contribution is -2.57. The van der Waals surface area contributed by atoms with Crippen molar-refractivity contribution in [2.24, 2.45) is 17.3 Å². The Morgan fingerprint density at radius 3 is 2.43 bits per heavy atom. The molecule has 14 heteroatoms. The SMILES string of the molecule is C=CC1CC1(NC(=O)[C@@H]1C[C@@H](Oc2cc(-c3ccccc3)nc3cc(OC)ccc23)CN1C(=O)[C@@H](CC(=O)N1CCc2ccccc2C1)C(C)(C)C)C(=O)N(C1CC1)S(=O)O. The summed E-state index contributed by atoms with van der Waals surface area (Å²) in [5.41, 5.74) is 2.29. The van der Waals surface area contributed by atoms with Crippen LogP contribution in [0.4, 0.5) is 0 Å². The van der Waals surface area contributed by atoms with E-state index in [9.17, 15) is 23.1 Å². The monoisotopic (exact) mass is 847 g/mol. The number of ether oxygens (including phenoxy) is 2. The normalized spacial score (nSPS) is 23.1. The van der Waals surface area contributed by atoms with Crippen LogP contribution in [0.5, 0.6) is 11.5 Å². The lowest BCUT2D eigenvalue weighted by atomic mass is 9.77. The second kappa shape index (κ2) is 16.7. The lowest BCUT2D eigenvalue weighted by Gasteiger charge is -2.37. The molecule has 2 saturated carbocycles. The summed E-state index contributed by atoms with van der Waals surface area (Å²) in [7, 11) is 1.59. The molecule has 3 fully saturated rings. The third kappa shape index (κ3) is 8.52. The van der Waals surface area contributed by atoms with Crippen molar-refractivity contribution in [2.45, 2.75) is 89.6 Å². The van der Waals surface area contributed by atoms with Gasteiger partial charge in [0.15, 0.2) is 0 Å². The maximum Gasteiger partial charge on any atom is 0.264 e. The zero-order valence-corrected chi connectivity index (χ0v) is 35.9.